The lowest BCUT2D eigenvalue weighted by atomic mass is 10.00. The van der Waals surface area contributed by atoms with Gasteiger partial charge in [-0.15, -0.1) is 0 Å². The average Bonchev–Trinajstić information content (AvgIpc) is 3.24. The van der Waals surface area contributed by atoms with Crippen molar-refractivity contribution in [3.05, 3.63) is 29.7 Å². The Balaban J connectivity index is 1.74. The molecule has 11 heteroatoms. The summed E-state index contributed by atoms with van der Waals surface area (Å²) in [5.41, 5.74) is 8.73. The molecule has 0 unspecified atom stereocenters. The minimum absolute atomic E-state index is 0.0184. The van der Waals surface area contributed by atoms with Gasteiger partial charge in [0.2, 0.25) is 5.91 Å². The smallest absolute Gasteiger partial charge is 0.411 e. The molecule has 1 saturated heterocycles. The number of aromatic amines is 1. The molecule has 3 heterocycles. The van der Waals surface area contributed by atoms with Crippen LogP contribution in [-0.4, -0.2) is 66.3 Å². The van der Waals surface area contributed by atoms with Crippen LogP contribution in [0.4, 0.5) is 16.2 Å². The number of ether oxygens (including phenoxy) is 2. The van der Waals surface area contributed by atoms with E-state index in [-0.39, 0.29) is 23.7 Å². The number of fused-ring (bicyclic) bond motifs is 4. The highest BCUT2D eigenvalue weighted by atomic mass is 16.5. The lowest BCUT2D eigenvalue weighted by Gasteiger charge is -2.40. The van der Waals surface area contributed by atoms with Crippen LogP contribution in [0.5, 0.6) is 0 Å². The summed E-state index contributed by atoms with van der Waals surface area (Å²) < 4.78 is 10.0. The Labute approximate surface area is 197 Å². The van der Waals surface area contributed by atoms with Gasteiger partial charge in [0.05, 0.1) is 19.3 Å². The maximum Gasteiger partial charge on any atom is 0.411 e. The minimum Gasteiger partial charge on any atom is -0.453 e. The third-order valence-corrected chi connectivity index (χ3v) is 6.27. The molecule has 2 aliphatic rings. The van der Waals surface area contributed by atoms with Gasteiger partial charge in [-0.05, 0) is 31.0 Å². The second kappa shape index (κ2) is 10.1. The molecule has 11 nitrogen and oxygen atoms in total. The van der Waals surface area contributed by atoms with Crippen molar-refractivity contribution < 1.29 is 19.1 Å². The number of benzene rings is 1. The van der Waals surface area contributed by atoms with Gasteiger partial charge in [0.15, 0.2) is 0 Å². The van der Waals surface area contributed by atoms with E-state index < -0.39 is 12.1 Å². The van der Waals surface area contributed by atoms with Crippen molar-refractivity contribution in [2.24, 2.45) is 5.73 Å². The average molecular weight is 468 g/mol. The number of H-pyrrole nitrogens is 1. The van der Waals surface area contributed by atoms with Gasteiger partial charge in [-0.25, -0.2) is 9.78 Å². The number of hydrogen-bond donors (Lipinski definition) is 4. The molecule has 34 heavy (non-hydrogen) atoms. The van der Waals surface area contributed by atoms with E-state index in [9.17, 15) is 14.9 Å². The summed E-state index contributed by atoms with van der Waals surface area (Å²) in [6.45, 7) is 1.10. The number of methoxy groups -OCH3 is 2. The van der Waals surface area contributed by atoms with Gasteiger partial charge in [-0.2, -0.15) is 5.26 Å². The van der Waals surface area contributed by atoms with E-state index in [0.29, 0.717) is 54.4 Å². The Morgan fingerprint density at radius 1 is 1.26 bits per heavy atom. The number of rotatable bonds is 3. The molecule has 180 valence electrons. The number of amides is 2. The molecule has 2 aliphatic heterocycles. The van der Waals surface area contributed by atoms with Gasteiger partial charge in [-0.1, -0.05) is 12.8 Å². The number of aromatic nitrogens is 2. The van der Waals surface area contributed by atoms with Crippen molar-refractivity contribution in [1.29, 1.82) is 5.26 Å². The largest absolute Gasteiger partial charge is 0.453 e. The molecule has 0 radical (unpaired) electrons. The Hall–Kier alpha value is -3.62. The van der Waals surface area contributed by atoms with Gasteiger partial charge >= 0.3 is 6.09 Å². The number of nitrogens with one attached hydrogen (secondary N) is 3. The first-order valence-electron chi connectivity index (χ1n) is 11.3. The summed E-state index contributed by atoms with van der Waals surface area (Å²) in [7, 11) is 2.92. The van der Waals surface area contributed by atoms with Crippen LogP contribution in [-0.2, 0) is 14.3 Å². The highest BCUT2D eigenvalue weighted by Crippen LogP contribution is 2.34. The fraction of sp³-hybridized carbons (Fsp3) is 0.478. The van der Waals surface area contributed by atoms with Crippen LogP contribution in [0.2, 0.25) is 0 Å². The fourth-order valence-electron chi connectivity index (χ4n) is 4.24. The Kier molecular flexibility index (Phi) is 7.00. The lowest BCUT2D eigenvalue weighted by molar-refractivity contribution is -0.144. The Bertz CT molecular complexity index is 1100. The van der Waals surface area contributed by atoms with E-state index in [2.05, 4.69) is 26.7 Å². The number of imidazole rings is 1. The number of nitrogens with zero attached hydrogens (tertiary/aromatic N) is 3. The van der Waals surface area contributed by atoms with E-state index in [0.717, 1.165) is 12.8 Å². The molecule has 1 aromatic carbocycles. The van der Waals surface area contributed by atoms with Crippen LogP contribution in [0.15, 0.2) is 18.2 Å². The van der Waals surface area contributed by atoms with Crippen LogP contribution in [0.3, 0.4) is 0 Å². The van der Waals surface area contributed by atoms with Crippen molar-refractivity contribution in [1.82, 2.24) is 14.9 Å². The number of nitrogens with two attached hydrogens (primary N) is 1. The first-order valence-corrected chi connectivity index (χ1v) is 11.3. The van der Waals surface area contributed by atoms with Crippen LogP contribution in [0, 0.1) is 11.3 Å². The monoisotopic (exact) mass is 467 g/mol. The number of carbonyl (C=O) groups is 2. The van der Waals surface area contributed by atoms with E-state index in [4.69, 9.17) is 15.2 Å². The number of likely N-dealkylation sites (tertiary alicyclic amines) is 1. The fourth-order valence-corrected chi connectivity index (χ4v) is 4.24. The van der Waals surface area contributed by atoms with Crippen LogP contribution < -0.4 is 16.4 Å². The molecule has 0 aliphatic carbocycles. The molecule has 2 aromatic rings. The molecule has 0 spiro atoms. The van der Waals surface area contributed by atoms with Crippen LogP contribution >= 0.6 is 0 Å². The lowest BCUT2D eigenvalue weighted by Crippen LogP contribution is -2.58. The quantitative estimate of drug-likeness (QED) is 0.535. The highest BCUT2D eigenvalue weighted by molar-refractivity contribution is 5.91. The summed E-state index contributed by atoms with van der Waals surface area (Å²) in [6.07, 6.45) is 2.32. The molecule has 1 fully saturated rings. The summed E-state index contributed by atoms with van der Waals surface area (Å²) in [6, 6.07) is 6.46. The maximum atomic E-state index is 13.3. The normalized spacial score (nSPS) is 20.5. The number of carbonyl (C=O) groups excluding carboxylic acids is 2. The summed E-state index contributed by atoms with van der Waals surface area (Å²) in [5, 5.41) is 15.7. The van der Waals surface area contributed by atoms with Crippen molar-refractivity contribution in [3.63, 3.8) is 0 Å². The second-order valence-corrected chi connectivity index (χ2v) is 8.52. The van der Waals surface area contributed by atoms with Crippen molar-refractivity contribution in [3.8, 4) is 17.3 Å². The zero-order valence-corrected chi connectivity index (χ0v) is 19.3. The predicted molar refractivity (Wildman–Crippen MR) is 125 cm³/mol. The van der Waals surface area contributed by atoms with E-state index in [1.807, 2.05) is 0 Å². The molecule has 4 rings (SSSR count). The summed E-state index contributed by atoms with van der Waals surface area (Å²) >= 11 is 0. The Morgan fingerprint density at radius 2 is 2.03 bits per heavy atom. The molecule has 0 saturated carbocycles. The zero-order chi connectivity index (χ0) is 24.2. The summed E-state index contributed by atoms with van der Waals surface area (Å²) in [4.78, 5) is 34.5. The molecule has 5 N–H and O–H groups in total. The minimum atomic E-state index is -0.613. The zero-order valence-electron chi connectivity index (χ0n) is 19.3. The van der Waals surface area contributed by atoms with Crippen molar-refractivity contribution >= 4 is 23.4 Å². The molecule has 1 aromatic heterocycles. The molecule has 2 atom stereocenters. The van der Waals surface area contributed by atoms with E-state index in [1.54, 1.807) is 30.2 Å². The molecule has 2 bridgehead atoms. The Morgan fingerprint density at radius 3 is 2.74 bits per heavy atom. The van der Waals surface area contributed by atoms with Gasteiger partial charge in [0.1, 0.15) is 29.3 Å². The standard InChI is InChI=1S/C23H29N7O4/c1-33-14-11-30(12-14)22(31)17-6-4-3-5-16(25)21-28-19(10-24)20(29-21)15-8-7-13(9-18(15)27-17)26-23(32)34-2/h7-9,14,16-17,27H,3-6,11-12,25H2,1-2H3,(H,26,32)(H,28,29)/t16-,17+/m0/s1. The van der Waals surface area contributed by atoms with E-state index in [1.165, 1.54) is 7.11 Å². The maximum absolute atomic E-state index is 13.3. The van der Waals surface area contributed by atoms with Crippen molar-refractivity contribution in [2.45, 2.75) is 43.9 Å². The predicted octanol–water partition coefficient (Wildman–Crippen LogP) is 2.34. The third-order valence-electron chi connectivity index (χ3n) is 6.27. The van der Waals surface area contributed by atoms with E-state index >= 15 is 0 Å². The third kappa shape index (κ3) is 4.83. The van der Waals surface area contributed by atoms with Gasteiger partial charge in [-0.3, -0.25) is 10.1 Å². The highest BCUT2D eigenvalue weighted by Gasteiger charge is 2.35. The summed E-state index contributed by atoms with van der Waals surface area (Å²) in [5.74, 6) is 0.531. The van der Waals surface area contributed by atoms with Crippen molar-refractivity contribution in [2.75, 3.05) is 37.9 Å². The second-order valence-electron chi connectivity index (χ2n) is 8.52. The van der Waals surface area contributed by atoms with Crippen LogP contribution in [0.25, 0.3) is 11.3 Å². The van der Waals surface area contributed by atoms with Gasteiger partial charge in [0.25, 0.3) is 0 Å². The first kappa shape index (κ1) is 23.5. The SMILES string of the molecule is COC(=O)Nc1ccc2c(c1)N[C@@H](C(=O)N1CC(OC)C1)CCCC[C@H](N)c1nc-2c(C#N)[nH]1. The van der Waals surface area contributed by atoms with Gasteiger partial charge in [0, 0.05) is 37.1 Å². The molecular weight excluding hydrogens is 438 g/mol. The number of hydrogen-bond acceptors (Lipinski definition) is 8. The number of anilines is 2. The van der Waals surface area contributed by atoms with Gasteiger partial charge < -0.3 is 30.4 Å². The molecule has 2 amide bonds. The topological polar surface area (TPSA) is 158 Å². The first-order chi connectivity index (χ1) is 16.4. The molecular formula is C23H29N7O4. The van der Waals surface area contributed by atoms with Crippen LogP contribution in [0.1, 0.15) is 43.2 Å². The number of nitriles is 1.